The van der Waals surface area contributed by atoms with Crippen LogP contribution in [0.25, 0.3) is 0 Å². The van der Waals surface area contributed by atoms with Crippen LogP contribution < -0.4 is 10.1 Å². The number of benzene rings is 2. The van der Waals surface area contributed by atoms with E-state index < -0.39 is 0 Å². The summed E-state index contributed by atoms with van der Waals surface area (Å²) in [5, 5.41) is 3.11. The van der Waals surface area contributed by atoms with Gasteiger partial charge in [-0.1, -0.05) is 37.8 Å². The molecule has 0 spiro atoms. The van der Waals surface area contributed by atoms with Gasteiger partial charge in [0.15, 0.2) is 0 Å². The maximum atomic E-state index is 12.5. The van der Waals surface area contributed by atoms with Crippen molar-refractivity contribution in [2.24, 2.45) is 0 Å². The Balaban J connectivity index is 2.08. The first-order valence-electron chi connectivity index (χ1n) is 8.27. The van der Waals surface area contributed by atoms with Crippen molar-refractivity contribution in [2.75, 3.05) is 6.61 Å². The van der Waals surface area contributed by atoms with Crippen molar-refractivity contribution in [3.63, 3.8) is 0 Å². The third kappa shape index (κ3) is 4.48. The van der Waals surface area contributed by atoms with E-state index in [0.717, 1.165) is 17.7 Å². The summed E-state index contributed by atoms with van der Waals surface area (Å²) < 4.78 is 5.44. The van der Waals surface area contributed by atoms with Crippen molar-refractivity contribution in [1.29, 1.82) is 0 Å². The highest BCUT2D eigenvalue weighted by atomic mass is 16.5. The van der Waals surface area contributed by atoms with Gasteiger partial charge < -0.3 is 10.1 Å². The molecule has 0 aliphatic heterocycles. The molecule has 1 unspecified atom stereocenters. The second-order valence-corrected chi connectivity index (χ2v) is 5.90. The first-order valence-corrected chi connectivity index (χ1v) is 8.27. The summed E-state index contributed by atoms with van der Waals surface area (Å²) in [5.74, 6) is 0.656. The minimum Gasteiger partial charge on any atom is -0.490 e. The number of carbonyl (C=O) groups excluding carboxylic acids is 1. The van der Waals surface area contributed by atoms with Gasteiger partial charge in [-0.2, -0.15) is 0 Å². The van der Waals surface area contributed by atoms with Gasteiger partial charge in [-0.3, -0.25) is 4.79 Å². The fourth-order valence-corrected chi connectivity index (χ4v) is 2.50. The molecule has 3 nitrogen and oxygen atoms in total. The average Bonchev–Trinajstić information content (AvgIpc) is 2.60. The van der Waals surface area contributed by atoms with Crippen molar-refractivity contribution in [2.45, 2.75) is 33.2 Å². The Bertz CT molecular complexity index is 704. The predicted molar refractivity (Wildman–Crippen MR) is 98.5 cm³/mol. The lowest BCUT2D eigenvalue weighted by atomic mass is 9.99. The van der Waals surface area contributed by atoms with Crippen LogP contribution in [-0.2, 0) is 0 Å². The molecule has 0 radical (unpaired) electrons. The van der Waals surface area contributed by atoms with E-state index in [-0.39, 0.29) is 11.9 Å². The SMILES string of the molecule is C=CCOc1ccc(C(=O)NC(CC)c2ccc(C)c(C)c2)cc1. The van der Waals surface area contributed by atoms with Gasteiger partial charge in [0.05, 0.1) is 6.04 Å². The van der Waals surface area contributed by atoms with Crippen LogP contribution in [0.5, 0.6) is 5.75 Å². The van der Waals surface area contributed by atoms with Gasteiger partial charge in [-0.25, -0.2) is 0 Å². The maximum absolute atomic E-state index is 12.5. The van der Waals surface area contributed by atoms with Crippen molar-refractivity contribution in [1.82, 2.24) is 5.32 Å². The van der Waals surface area contributed by atoms with Crippen molar-refractivity contribution in [3.8, 4) is 5.75 Å². The van der Waals surface area contributed by atoms with Crippen LogP contribution in [0.3, 0.4) is 0 Å². The van der Waals surface area contributed by atoms with Crippen LogP contribution in [0.4, 0.5) is 0 Å². The summed E-state index contributed by atoms with van der Waals surface area (Å²) >= 11 is 0. The van der Waals surface area contributed by atoms with E-state index in [1.807, 2.05) is 0 Å². The normalized spacial score (nSPS) is 11.6. The van der Waals surface area contributed by atoms with Crippen molar-refractivity contribution < 1.29 is 9.53 Å². The second kappa shape index (κ2) is 8.34. The zero-order valence-corrected chi connectivity index (χ0v) is 14.6. The van der Waals surface area contributed by atoms with Gasteiger partial charge in [0.1, 0.15) is 12.4 Å². The highest BCUT2D eigenvalue weighted by Crippen LogP contribution is 2.21. The van der Waals surface area contributed by atoms with Crippen LogP contribution in [0, 0.1) is 13.8 Å². The highest BCUT2D eigenvalue weighted by molar-refractivity contribution is 5.94. The lowest BCUT2D eigenvalue weighted by molar-refractivity contribution is 0.0935. The van der Waals surface area contributed by atoms with E-state index in [1.165, 1.54) is 11.1 Å². The van der Waals surface area contributed by atoms with Gasteiger partial charge >= 0.3 is 0 Å². The Hall–Kier alpha value is -2.55. The van der Waals surface area contributed by atoms with Crippen LogP contribution in [0.15, 0.2) is 55.1 Å². The molecular formula is C21H25NO2. The number of ether oxygens (including phenoxy) is 1. The Morgan fingerprint density at radius 3 is 2.46 bits per heavy atom. The molecule has 126 valence electrons. The van der Waals surface area contributed by atoms with Crippen LogP contribution in [0.2, 0.25) is 0 Å². The fourth-order valence-electron chi connectivity index (χ4n) is 2.50. The molecule has 2 aromatic carbocycles. The summed E-state index contributed by atoms with van der Waals surface area (Å²) in [5.41, 5.74) is 4.27. The molecule has 0 saturated heterocycles. The second-order valence-electron chi connectivity index (χ2n) is 5.90. The first-order chi connectivity index (χ1) is 11.5. The molecule has 24 heavy (non-hydrogen) atoms. The summed E-state index contributed by atoms with van der Waals surface area (Å²) in [4.78, 5) is 12.5. The Labute approximate surface area is 144 Å². The molecule has 2 rings (SSSR count). The Morgan fingerprint density at radius 2 is 1.88 bits per heavy atom. The largest absolute Gasteiger partial charge is 0.490 e. The standard InChI is InChI=1S/C21H25NO2/c1-5-13-24-19-11-9-17(10-12-19)21(23)22-20(6-2)18-8-7-15(3)16(4)14-18/h5,7-12,14,20H,1,6,13H2,2-4H3,(H,22,23). The van der Waals surface area contributed by atoms with Crippen LogP contribution in [0.1, 0.15) is 46.4 Å². The number of hydrogen-bond donors (Lipinski definition) is 1. The van der Waals surface area contributed by atoms with Gasteiger partial charge in [0, 0.05) is 5.56 Å². The molecule has 1 atom stereocenters. The summed E-state index contributed by atoms with van der Waals surface area (Å²) in [6.45, 7) is 10.3. The monoisotopic (exact) mass is 323 g/mol. The molecule has 2 aromatic rings. The Kier molecular flexibility index (Phi) is 6.19. The minimum absolute atomic E-state index is 0.00786. The number of carbonyl (C=O) groups is 1. The molecule has 0 aliphatic rings. The van der Waals surface area contributed by atoms with Gasteiger partial charge in [-0.05, 0) is 61.2 Å². The summed E-state index contributed by atoms with van der Waals surface area (Å²) in [7, 11) is 0. The topological polar surface area (TPSA) is 38.3 Å². The van der Waals surface area contributed by atoms with Gasteiger partial charge in [0.2, 0.25) is 0 Å². The lowest BCUT2D eigenvalue weighted by Gasteiger charge is -2.19. The van der Waals surface area contributed by atoms with E-state index >= 15 is 0 Å². The Morgan fingerprint density at radius 1 is 1.17 bits per heavy atom. The molecule has 3 heteroatoms. The molecule has 1 amide bonds. The number of hydrogen-bond acceptors (Lipinski definition) is 2. The molecule has 1 N–H and O–H groups in total. The average molecular weight is 323 g/mol. The van der Waals surface area contributed by atoms with E-state index in [0.29, 0.717) is 12.2 Å². The lowest BCUT2D eigenvalue weighted by Crippen LogP contribution is -2.28. The number of aryl methyl sites for hydroxylation is 2. The molecule has 0 aromatic heterocycles. The van der Waals surface area contributed by atoms with E-state index in [9.17, 15) is 4.79 Å². The molecule has 0 bridgehead atoms. The first kappa shape index (κ1) is 17.8. The summed E-state index contributed by atoms with van der Waals surface area (Å²) in [6, 6.07) is 13.5. The zero-order chi connectivity index (χ0) is 17.5. The van der Waals surface area contributed by atoms with Crippen molar-refractivity contribution in [3.05, 3.63) is 77.4 Å². The van der Waals surface area contributed by atoms with Crippen LogP contribution >= 0.6 is 0 Å². The fraction of sp³-hybridized carbons (Fsp3) is 0.286. The number of nitrogens with one attached hydrogen (secondary N) is 1. The third-order valence-electron chi connectivity index (χ3n) is 4.13. The van der Waals surface area contributed by atoms with E-state index in [4.69, 9.17) is 4.74 Å². The number of rotatable bonds is 7. The molecular weight excluding hydrogens is 298 g/mol. The smallest absolute Gasteiger partial charge is 0.251 e. The summed E-state index contributed by atoms with van der Waals surface area (Å²) in [6.07, 6.45) is 2.53. The van der Waals surface area contributed by atoms with E-state index in [1.54, 1.807) is 30.3 Å². The quantitative estimate of drug-likeness (QED) is 0.747. The zero-order valence-electron chi connectivity index (χ0n) is 14.6. The van der Waals surface area contributed by atoms with Gasteiger partial charge in [0.25, 0.3) is 5.91 Å². The molecule has 0 heterocycles. The highest BCUT2D eigenvalue weighted by Gasteiger charge is 2.14. The predicted octanol–water partition coefficient (Wildman–Crippen LogP) is 4.75. The van der Waals surface area contributed by atoms with E-state index in [2.05, 4.69) is 50.9 Å². The van der Waals surface area contributed by atoms with Gasteiger partial charge in [-0.15, -0.1) is 0 Å². The molecule has 0 saturated carbocycles. The third-order valence-corrected chi connectivity index (χ3v) is 4.13. The molecule has 0 aliphatic carbocycles. The number of amides is 1. The molecule has 0 fully saturated rings. The minimum atomic E-state index is -0.0738. The maximum Gasteiger partial charge on any atom is 0.251 e. The van der Waals surface area contributed by atoms with Crippen molar-refractivity contribution >= 4 is 5.91 Å². The van der Waals surface area contributed by atoms with Crippen LogP contribution in [-0.4, -0.2) is 12.5 Å².